The normalized spacial score (nSPS) is 11.0. The van der Waals surface area contributed by atoms with E-state index in [4.69, 9.17) is 16.3 Å². The molecular weight excluding hydrogens is 306 g/mol. The zero-order valence-electron chi connectivity index (χ0n) is 11.5. The molecule has 1 N–H and O–H groups in total. The highest BCUT2D eigenvalue weighted by Gasteiger charge is 2.06. The maximum atomic E-state index is 11.8. The number of benzene rings is 1. The fourth-order valence-electron chi connectivity index (χ4n) is 1.97. The highest BCUT2D eigenvalue weighted by atomic mass is 35.5. The molecule has 3 rings (SSSR count). The topological polar surface area (TPSA) is 93.7 Å². The minimum absolute atomic E-state index is 0.165. The first-order valence-corrected chi connectivity index (χ1v) is 6.99. The Labute approximate surface area is 130 Å². The van der Waals surface area contributed by atoms with E-state index in [-0.39, 0.29) is 23.3 Å². The van der Waals surface area contributed by atoms with Crippen LogP contribution >= 0.6 is 11.6 Å². The van der Waals surface area contributed by atoms with Crippen LogP contribution in [0.2, 0.25) is 5.02 Å². The molecule has 0 bridgehead atoms. The third kappa shape index (κ3) is 3.44. The van der Waals surface area contributed by atoms with Crippen molar-refractivity contribution in [3.8, 4) is 0 Å². The average molecular weight is 318 g/mol. The van der Waals surface area contributed by atoms with Crippen molar-refractivity contribution in [2.75, 3.05) is 6.61 Å². The predicted octanol–water partition coefficient (Wildman–Crippen LogP) is 1.52. The summed E-state index contributed by atoms with van der Waals surface area (Å²) in [6, 6.07) is 7.59. The van der Waals surface area contributed by atoms with Gasteiger partial charge in [0, 0.05) is 5.02 Å². The second-order valence-corrected chi connectivity index (χ2v) is 5.01. The van der Waals surface area contributed by atoms with Crippen LogP contribution in [-0.4, -0.2) is 31.8 Å². The highest BCUT2D eigenvalue weighted by molar-refractivity contribution is 6.30. The molecule has 3 aromatic rings. The first-order chi connectivity index (χ1) is 10.7. The molecule has 2 aromatic heterocycles. The zero-order valence-corrected chi connectivity index (χ0v) is 12.2. The Morgan fingerprint density at radius 3 is 3.09 bits per heavy atom. The fraction of sp³-hybridized carbons (Fsp3) is 0.214. The number of nitrogens with one attached hydrogen (secondary N) is 1. The van der Waals surface area contributed by atoms with Gasteiger partial charge < -0.3 is 9.72 Å². The summed E-state index contributed by atoms with van der Waals surface area (Å²) >= 11 is 5.92. The van der Waals surface area contributed by atoms with Crippen LogP contribution in [0.15, 0.2) is 35.4 Å². The maximum Gasteiger partial charge on any atom is 0.279 e. The van der Waals surface area contributed by atoms with Crippen molar-refractivity contribution in [3.63, 3.8) is 0 Å². The lowest BCUT2D eigenvalue weighted by Crippen LogP contribution is -2.15. The molecule has 0 aliphatic heterocycles. The number of hydrogen-bond acceptors (Lipinski definition) is 6. The van der Waals surface area contributed by atoms with Crippen molar-refractivity contribution >= 4 is 22.8 Å². The molecule has 7 nitrogen and oxygen atoms in total. The summed E-state index contributed by atoms with van der Waals surface area (Å²) in [5, 5.41) is 8.08. The Balaban J connectivity index is 1.61. The van der Waals surface area contributed by atoms with Crippen LogP contribution in [0.1, 0.15) is 11.4 Å². The highest BCUT2D eigenvalue weighted by Crippen LogP contribution is 2.11. The molecule has 0 aliphatic rings. The molecule has 0 atom stereocenters. The summed E-state index contributed by atoms with van der Waals surface area (Å²) in [6.07, 6.45) is 1.93. The van der Waals surface area contributed by atoms with Crippen LogP contribution in [0.4, 0.5) is 0 Å². The van der Waals surface area contributed by atoms with E-state index in [0.717, 1.165) is 12.0 Å². The van der Waals surface area contributed by atoms with Gasteiger partial charge >= 0.3 is 0 Å². The van der Waals surface area contributed by atoms with E-state index in [0.29, 0.717) is 17.5 Å². The van der Waals surface area contributed by atoms with Gasteiger partial charge in [-0.2, -0.15) is 0 Å². The van der Waals surface area contributed by atoms with E-state index in [1.807, 2.05) is 24.3 Å². The van der Waals surface area contributed by atoms with Crippen LogP contribution in [0, 0.1) is 0 Å². The molecule has 0 saturated heterocycles. The largest absolute Gasteiger partial charge is 0.373 e. The van der Waals surface area contributed by atoms with Gasteiger partial charge in [0.05, 0.1) is 6.61 Å². The fourth-order valence-corrected chi connectivity index (χ4v) is 2.18. The minimum Gasteiger partial charge on any atom is -0.373 e. The lowest BCUT2D eigenvalue weighted by Gasteiger charge is -2.05. The Bertz CT molecular complexity index is 852. The number of nitrogens with zero attached hydrogens (tertiary/aromatic N) is 4. The third-order valence-corrected chi connectivity index (χ3v) is 3.21. The average Bonchev–Trinajstić information content (AvgIpc) is 2.52. The lowest BCUT2D eigenvalue weighted by molar-refractivity contribution is 0.118. The van der Waals surface area contributed by atoms with Gasteiger partial charge in [-0.3, -0.25) is 4.79 Å². The Morgan fingerprint density at radius 1 is 1.32 bits per heavy atom. The lowest BCUT2D eigenvalue weighted by atomic mass is 10.2. The summed E-state index contributed by atoms with van der Waals surface area (Å²) < 4.78 is 5.52. The molecule has 0 unspecified atom stereocenters. The van der Waals surface area contributed by atoms with E-state index in [9.17, 15) is 4.79 Å². The molecule has 112 valence electrons. The number of H-pyrrole nitrogens is 1. The van der Waals surface area contributed by atoms with Gasteiger partial charge in [0.2, 0.25) is 5.65 Å². The van der Waals surface area contributed by atoms with Gasteiger partial charge in [-0.25, -0.2) is 9.97 Å². The van der Waals surface area contributed by atoms with Crippen molar-refractivity contribution < 1.29 is 4.74 Å². The number of hydrogen-bond donors (Lipinski definition) is 1. The smallest absolute Gasteiger partial charge is 0.279 e. The number of fused-ring (bicyclic) bond motifs is 1. The van der Waals surface area contributed by atoms with E-state index in [1.54, 1.807) is 0 Å². The minimum atomic E-state index is -0.353. The summed E-state index contributed by atoms with van der Waals surface area (Å²) in [5.41, 5.74) is 1.10. The molecule has 8 heteroatoms. The molecule has 1 aromatic carbocycles. The SMILES string of the molecule is O=c1[nH]c(COCCc2cccc(Cl)c2)nc2nncnc12. The van der Waals surface area contributed by atoms with E-state index >= 15 is 0 Å². The van der Waals surface area contributed by atoms with Crippen LogP contribution in [-0.2, 0) is 17.8 Å². The third-order valence-electron chi connectivity index (χ3n) is 2.98. The van der Waals surface area contributed by atoms with Crippen molar-refractivity contribution in [2.24, 2.45) is 0 Å². The maximum absolute atomic E-state index is 11.8. The Hall–Kier alpha value is -2.38. The zero-order chi connectivity index (χ0) is 15.4. The second-order valence-electron chi connectivity index (χ2n) is 4.58. The number of ether oxygens (including phenoxy) is 1. The van der Waals surface area contributed by atoms with E-state index < -0.39 is 0 Å². The molecule has 0 spiro atoms. The van der Waals surface area contributed by atoms with Gasteiger partial charge in [-0.05, 0) is 24.1 Å². The molecule has 0 radical (unpaired) electrons. The van der Waals surface area contributed by atoms with Gasteiger partial charge in [0.15, 0.2) is 5.52 Å². The Kier molecular flexibility index (Phi) is 4.36. The van der Waals surface area contributed by atoms with E-state index in [1.165, 1.54) is 6.33 Å². The molecule has 0 amide bonds. The molecule has 2 heterocycles. The number of rotatable bonds is 5. The first-order valence-electron chi connectivity index (χ1n) is 6.61. The summed E-state index contributed by atoms with van der Waals surface area (Å²) in [4.78, 5) is 22.4. The first kappa shape index (κ1) is 14.6. The second kappa shape index (κ2) is 6.59. The molecule has 0 aliphatic carbocycles. The van der Waals surface area contributed by atoms with Gasteiger partial charge in [0.1, 0.15) is 18.8 Å². The molecule has 0 saturated carbocycles. The van der Waals surface area contributed by atoms with Gasteiger partial charge in [0.25, 0.3) is 5.56 Å². The number of aromatic nitrogens is 5. The summed E-state index contributed by atoms with van der Waals surface area (Å²) in [6.45, 7) is 0.670. The van der Waals surface area contributed by atoms with Crippen molar-refractivity contribution in [2.45, 2.75) is 13.0 Å². The van der Waals surface area contributed by atoms with Crippen molar-refractivity contribution in [1.82, 2.24) is 25.1 Å². The van der Waals surface area contributed by atoms with Gasteiger partial charge in [-0.15, -0.1) is 10.2 Å². The van der Waals surface area contributed by atoms with E-state index in [2.05, 4.69) is 25.1 Å². The number of aromatic amines is 1. The standard InChI is InChI=1S/C14H12ClN5O2/c15-10-3-1-2-9(6-10)4-5-22-7-11-18-13-12(14(21)19-11)16-8-17-20-13/h1-3,6,8H,4-5,7H2,(H,18,19,20,21). The number of halogens is 1. The predicted molar refractivity (Wildman–Crippen MR) is 80.6 cm³/mol. The van der Waals surface area contributed by atoms with Gasteiger partial charge in [-0.1, -0.05) is 23.7 Å². The van der Waals surface area contributed by atoms with Crippen LogP contribution in [0.25, 0.3) is 11.2 Å². The van der Waals surface area contributed by atoms with Crippen molar-refractivity contribution in [3.05, 3.63) is 57.4 Å². The molecule has 0 fully saturated rings. The monoisotopic (exact) mass is 317 g/mol. The van der Waals surface area contributed by atoms with Crippen molar-refractivity contribution in [1.29, 1.82) is 0 Å². The molecular formula is C14H12ClN5O2. The summed E-state index contributed by atoms with van der Waals surface area (Å²) in [5.74, 6) is 0.394. The summed E-state index contributed by atoms with van der Waals surface area (Å²) in [7, 11) is 0. The molecule has 22 heavy (non-hydrogen) atoms. The van der Waals surface area contributed by atoms with Crippen LogP contribution in [0.3, 0.4) is 0 Å². The quantitative estimate of drug-likeness (QED) is 0.717. The van der Waals surface area contributed by atoms with Crippen LogP contribution < -0.4 is 5.56 Å². The van der Waals surface area contributed by atoms with Crippen LogP contribution in [0.5, 0.6) is 0 Å². The Morgan fingerprint density at radius 2 is 2.23 bits per heavy atom.